The van der Waals surface area contributed by atoms with E-state index < -0.39 is 0 Å². The Hall–Kier alpha value is -1.71. The smallest absolute Gasteiger partial charge is 0.206 e. The lowest BCUT2D eigenvalue weighted by molar-refractivity contribution is 0.242. The SMILES string of the molecule is CC(C)Oc1ccc2c(c1)nc1n2CCCN1C. The van der Waals surface area contributed by atoms with Gasteiger partial charge in [0.1, 0.15) is 5.75 Å². The van der Waals surface area contributed by atoms with Crippen molar-refractivity contribution in [2.24, 2.45) is 0 Å². The molecule has 1 aromatic heterocycles. The van der Waals surface area contributed by atoms with Crippen LogP contribution in [0.5, 0.6) is 5.75 Å². The fraction of sp³-hybridized carbons (Fsp3) is 0.500. The second-order valence-electron chi connectivity index (χ2n) is 5.16. The van der Waals surface area contributed by atoms with Gasteiger partial charge in [0.2, 0.25) is 5.95 Å². The molecule has 18 heavy (non-hydrogen) atoms. The monoisotopic (exact) mass is 245 g/mol. The second kappa shape index (κ2) is 4.19. The average Bonchev–Trinajstić information content (AvgIpc) is 2.67. The minimum atomic E-state index is 0.197. The molecule has 0 bridgehead atoms. The van der Waals surface area contributed by atoms with E-state index in [2.05, 4.69) is 22.6 Å². The van der Waals surface area contributed by atoms with Crippen LogP contribution in [0, 0.1) is 0 Å². The molecule has 0 saturated heterocycles. The molecule has 0 aliphatic carbocycles. The Morgan fingerprint density at radius 3 is 2.89 bits per heavy atom. The molecule has 96 valence electrons. The number of hydrogen-bond donors (Lipinski definition) is 0. The molecule has 0 fully saturated rings. The van der Waals surface area contributed by atoms with Gasteiger partial charge in [-0.15, -0.1) is 0 Å². The molecule has 1 aliphatic rings. The van der Waals surface area contributed by atoms with Crippen molar-refractivity contribution in [1.29, 1.82) is 0 Å². The van der Waals surface area contributed by atoms with Crippen molar-refractivity contribution in [2.45, 2.75) is 32.9 Å². The van der Waals surface area contributed by atoms with Crippen molar-refractivity contribution in [2.75, 3.05) is 18.5 Å². The molecule has 0 unspecified atom stereocenters. The maximum absolute atomic E-state index is 5.72. The van der Waals surface area contributed by atoms with Crippen LogP contribution in [-0.4, -0.2) is 29.2 Å². The number of ether oxygens (including phenoxy) is 1. The molecule has 2 aromatic rings. The number of anilines is 1. The van der Waals surface area contributed by atoms with Crippen LogP contribution in [0.1, 0.15) is 20.3 Å². The van der Waals surface area contributed by atoms with E-state index >= 15 is 0 Å². The fourth-order valence-electron chi connectivity index (χ4n) is 2.52. The number of fused-ring (bicyclic) bond motifs is 3. The van der Waals surface area contributed by atoms with Gasteiger partial charge in [0, 0.05) is 26.2 Å². The third kappa shape index (κ3) is 1.82. The summed E-state index contributed by atoms with van der Waals surface area (Å²) in [6.07, 6.45) is 1.38. The summed E-state index contributed by atoms with van der Waals surface area (Å²) in [4.78, 5) is 6.93. The Morgan fingerprint density at radius 1 is 1.28 bits per heavy atom. The Labute approximate surface area is 107 Å². The topological polar surface area (TPSA) is 30.3 Å². The molecule has 4 heteroatoms. The largest absolute Gasteiger partial charge is 0.491 e. The highest BCUT2D eigenvalue weighted by Crippen LogP contribution is 2.28. The van der Waals surface area contributed by atoms with E-state index in [1.165, 1.54) is 11.9 Å². The van der Waals surface area contributed by atoms with Gasteiger partial charge in [0.25, 0.3) is 0 Å². The first-order chi connectivity index (χ1) is 8.65. The zero-order valence-corrected chi connectivity index (χ0v) is 11.2. The second-order valence-corrected chi connectivity index (χ2v) is 5.16. The number of hydrogen-bond acceptors (Lipinski definition) is 3. The standard InChI is InChI=1S/C14H19N3O/c1-10(2)18-11-5-6-13-12(9-11)15-14-16(3)7-4-8-17(13)14/h5-6,9-10H,4,7-8H2,1-3H3. The first kappa shape index (κ1) is 11.4. The Morgan fingerprint density at radius 2 is 2.11 bits per heavy atom. The summed E-state index contributed by atoms with van der Waals surface area (Å²) >= 11 is 0. The zero-order valence-electron chi connectivity index (χ0n) is 11.2. The van der Waals surface area contributed by atoms with Crippen LogP contribution in [0.3, 0.4) is 0 Å². The summed E-state index contributed by atoms with van der Waals surface area (Å²) in [5, 5.41) is 0. The van der Waals surface area contributed by atoms with Crippen molar-refractivity contribution in [1.82, 2.24) is 9.55 Å². The third-order valence-corrected chi connectivity index (χ3v) is 3.29. The summed E-state index contributed by atoms with van der Waals surface area (Å²) in [6.45, 7) is 6.21. The number of benzene rings is 1. The highest BCUT2D eigenvalue weighted by Gasteiger charge is 2.18. The highest BCUT2D eigenvalue weighted by molar-refractivity contribution is 5.80. The summed E-state index contributed by atoms with van der Waals surface area (Å²) in [7, 11) is 2.10. The number of aryl methyl sites for hydroxylation is 1. The van der Waals surface area contributed by atoms with Gasteiger partial charge in [0.05, 0.1) is 17.1 Å². The van der Waals surface area contributed by atoms with Crippen LogP contribution in [0.2, 0.25) is 0 Å². The van der Waals surface area contributed by atoms with Gasteiger partial charge in [-0.25, -0.2) is 4.98 Å². The van der Waals surface area contributed by atoms with Crippen molar-refractivity contribution in [3.8, 4) is 5.75 Å². The molecule has 1 aromatic carbocycles. The molecule has 0 N–H and O–H groups in total. The van der Waals surface area contributed by atoms with Crippen LogP contribution in [-0.2, 0) is 6.54 Å². The molecule has 1 aliphatic heterocycles. The van der Waals surface area contributed by atoms with Gasteiger partial charge in [-0.3, -0.25) is 0 Å². The van der Waals surface area contributed by atoms with E-state index in [4.69, 9.17) is 9.72 Å². The van der Waals surface area contributed by atoms with Crippen molar-refractivity contribution in [3.05, 3.63) is 18.2 Å². The van der Waals surface area contributed by atoms with E-state index in [-0.39, 0.29) is 6.10 Å². The van der Waals surface area contributed by atoms with Crippen LogP contribution in [0.15, 0.2) is 18.2 Å². The van der Waals surface area contributed by atoms with Crippen molar-refractivity contribution >= 4 is 17.0 Å². The van der Waals surface area contributed by atoms with E-state index in [0.717, 1.165) is 30.3 Å². The maximum atomic E-state index is 5.72. The van der Waals surface area contributed by atoms with Crippen LogP contribution >= 0.6 is 0 Å². The fourth-order valence-corrected chi connectivity index (χ4v) is 2.52. The Kier molecular flexibility index (Phi) is 2.65. The lowest BCUT2D eigenvalue weighted by atomic mass is 10.2. The predicted octanol–water partition coefficient (Wildman–Crippen LogP) is 2.66. The van der Waals surface area contributed by atoms with Gasteiger partial charge >= 0.3 is 0 Å². The lowest BCUT2D eigenvalue weighted by Crippen LogP contribution is -2.28. The molecule has 0 amide bonds. The normalized spacial score (nSPS) is 15.2. The number of aromatic nitrogens is 2. The molecule has 0 spiro atoms. The Bertz CT molecular complexity index is 574. The first-order valence-corrected chi connectivity index (χ1v) is 6.53. The van der Waals surface area contributed by atoms with Gasteiger partial charge in [-0.2, -0.15) is 0 Å². The molecule has 0 saturated carbocycles. The molecular weight excluding hydrogens is 226 g/mol. The van der Waals surface area contributed by atoms with Crippen molar-refractivity contribution < 1.29 is 4.74 Å². The van der Waals surface area contributed by atoms with Crippen LogP contribution in [0.25, 0.3) is 11.0 Å². The summed E-state index contributed by atoms with van der Waals surface area (Å²) in [5.74, 6) is 1.97. The predicted molar refractivity (Wildman–Crippen MR) is 73.4 cm³/mol. The lowest BCUT2D eigenvalue weighted by Gasteiger charge is -2.24. The number of imidazole rings is 1. The van der Waals surface area contributed by atoms with Crippen LogP contribution < -0.4 is 9.64 Å². The third-order valence-electron chi connectivity index (χ3n) is 3.29. The summed E-state index contributed by atoms with van der Waals surface area (Å²) in [6, 6.07) is 6.18. The summed E-state index contributed by atoms with van der Waals surface area (Å²) < 4.78 is 8.01. The first-order valence-electron chi connectivity index (χ1n) is 6.53. The quantitative estimate of drug-likeness (QED) is 0.815. The molecular formula is C14H19N3O. The van der Waals surface area contributed by atoms with E-state index in [0.29, 0.717) is 0 Å². The van der Waals surface area contributed by atoms with Gasteiger partial charge in [0.15, 0.2) is 0 Å². The zero-order chi connectivity index (χ0) is 12.7. The molecule has 4 nitrogen and oxygen atoms in total. The van der Waals surface area contributed by atoms with Crippen LogP contribution in [0.4, 0.5) is 5.95 Å². The summed E-state index contributed by atoms with van der Waals surface area (Å²) in [5.41, 5.74) is 2.23. The molecule has 2 heterocycles. The maximum Gasteiger partial charge on any atom is 0.206 e. The van der Waals surface area contributed by atoms with Gasteiger partial charge in [-0.05, 0) is 32.4 Å². The van der Waals surface area contributed by atoms with Gasteiger partial charge in [-0.1, -0.05) is 0 Å². The molecule has 0 atom stereocenters. The van der Waals surface area contributed by atoms with Crippen molar-refractivity contribution in [3.63, 3.8) is 0 Å². The van der Waals surface area contributed by atoms with E-state index in [1.54, 1.807) is 0 Å². The number of rotatable bonds is 2. The highest BCUT2D eigenvalue weighted by atomic mass is 16.5. The van der Waals surface area contributed by atoms with Gasteiger partial charge < -0.3 is 14.2 Å². The average molecular weight is 245 g/mol. The molecule has 0 radical (unpaired) electrons. The van der Waals surface area contributed by atoms with E-state index in [9.17, 15) is 0 Å². The number of nitrogens with zero attached hydrogens (tertiary/aromatic N) is 3. The minimum absolute atomic E-state index is 0.197. The van der Waals surface area contributed by atoms with E-state index in [1.807, 2.05) is 26.0 Å². The molecule has 3 rings (SSSR count). The Balaban J connectivity index is 2.07. The minimum Gasteiger partial charge on any atom is -0.491 e.